The molecule has 3 nitrogen and oxygen atoms in total. The van der Waals surface area contributed by atoms with E-state index in [2.05, 4.69) is 18.2 Å². The van der Waals surface area contributed by atoms with Crippen molar-refractivity contribution in [3.8, 4) is 0 Å². The highest BCUT2D eigenvalue weighted by Gasteiger charge is 2.42. The van der Waals surface area contributed by atoms with Gasteiger partial charge < -0.3 is 4.74 Å². The van der Waals surface area contributed by atoms with E-state index in [1.165, 1.54) is 0 Å². The summed E-state index contributed by atoms with van der Waals surface area (Å²) >= 11 is 0. The minimum Gasteiger partial charge on any atom is -0.431 e. The zero-order valence-corrected chi connectivity index (χ0v) is 14.0. The molecule has 4 rings (SSSR count). The monoisotopic (exact) mass is 320 g/mol. The summed E-state index contributed by atoms with van der Waals surface area (Å²) < 4.78 is 5.48. The average Bonchev–Trinajstić information content (AvgIpc) is 2.52. The molecule has 0 spiro atoms. The van der Waals surface area contributed by atoms with E-state index in [0.717, 1.165) is 16.3 Å². The van der Waals surface area contributed by atoms with Gasteiger partial charge in [0.15, 0.2) is 5.78 Å². The van der Waals surface area contributed by atoms with Crippen LogP contribution in [0.4, 0.5) is 0 Å². The number of ketones is 1. The van der Waals surface area contributed by atoms with Crippen LogP contribution in [0.3, 0.4) is 0 Å². The molecule has 0 amide bonds. The first kappa shape index (κ1) is 15.1. The minimum absolute atomic E-state index is 0.117. The van der Waals surface area contributed by atoms with E-state index in [-0.39, 0.29) is 29.5 Å². The number of fused-ring (bicyclic) bond motifs is 1. The molecule has 1 atom stereocenters. The van der Waals surface area contributed by atoms with Crippen molar-refractivity contribution in [1.29, 1.82) is 0 Å². The Kier molecular flexibility index (Phi) is 3.34. The van der Waals surface area contributed by atoms with Crippen molar-refractivity contribution in [3.05, 3.63) is 59.4 Å². The Morgan fingerprint density at radius 2 is 1.75 bits per heavy atom. The first-order chi connectivity index (χ1) is 11.4. The molecule has 1 aliphatic carbocycles. The first-order valence-electron chi connectivity index (χ1n) is 8.39. The lowest BCUT2D eigenvalue weighted by Crippen LogP contribution is -2.33. The van der Waals surface area contributed by atoms with Crippen molar-refractivity contribution in [2.75, 3.05) is 0 Å². The maximum Gasteiger partial charge on any atom is 0.311 e. The van der Waals surface area contributed by atoms with E-state index in [0.29, 0.717) is 24.2 Å². The molecule has 1 aliphatic heterocycles. The molecule has 0 radical (unpaired) electrons. The Hall–Kier alpha value is -2.42. The standard InChI is InChI=1S/C21H20O3/c1-21(2)11-17(22)20-16(10-19(23)24-18(20)12-21)15-9-5-7-13-6-3-4-8-14(13)15/h3-9,16H,10-12H2,1-2H3/t16-/m1/s1. The fraction of sp³-hybridized carbons (Fsp3) is 0.333. The summed E-state index contributed by atoms with van der Waals surface area (Å²) in [7, 11) is 0. The van der Waals surface area contributed by atoms with Crippen LogP contribution in [0.25, 0.3) is 10.8 Å². The van der Waals surface area contributed by atoms with Crippen LogP contribution in [-0.2, 0) is 14.3 Å². The molecule has 2 aromatic rings. The van der Waals surface area contributed by atoms with Gasteiger partial charge in [-0.3, -0.25) is 9.59 Å². The normalized spacial score (nSPS) is 23.2. The molecule has 0 unspecified atom stereocenters. The SMILES string of the molecule is CC1(C)CC(=O)C2=C(C1)OC(=O)C[C@@H]2c1cccc2ccccc12. The summed E-state index contributed by atoms with van der Waals surface area (Å²) in [5.74, 6) is 0.269. The van der Waals surface area contributed by atoms with Gasteiger partial charge in [0.05, 0.1) is 6.42 Å². The molecule has 0 aromatic heterocycles. The van der Waals surface area contributed by atoms with E-state index in [4.69, 9.17) is 4.74 Å². The second-order valence-corrected chi connectivity index (χ2v) is 7.58. The van der Waals surface area contributed by atoms with E-state index in [1.54, 1.807) is 0 Å². The maximum atomic E-state index is 12.8. The lowest BCUT2D eigenvalue weighted by molar-refractivity contribution is -0.142. The van der Waals surface area contributed by atoms with Gasteiger partial charge in [-0.2, -0.15) is 0 Å². The average molecular weight is 320 g/mol. The number of hydrogen-bond acceptors (Lipinski definition) is 3. The third-order valence-electron chi connectivity index (χ3n) is 5.03. The predicted octanol–water partition coefficient (Wildman–Crippen LogP) is 4.51. The van der Waals surface area contributed by atoms with Gasteiger partial charge in [-0.1, -0.05) is 56.3 Å². The van der Waals surface area contributed by atoms with Gasteiger partial charge in [0.25, 0.3) is 0 Å². The number of carbonyl (C=O) groups excluding carboxylic acids is 2. The van der Waals surface area contributed by atoms with Gasteiger partial charge in [0.1, 0.15) is 5.76 Å². The van der Waals surface area contributed by atoms with Crippen LogP contribution in [0.5, 0.6) is 0 Å². The molecule has 122 valence electrons. The van der Waals surface area contributed by atoms with Crippen molar-refractivity contribution in [1.82, 2.24) is 0 Å². The van der Waals surface area contributed by atoms with Crippen molar-refractivity contribution < 1.29 is 14.3 Å². The molecule has 1 heterocycles. The van der Waals surface area contributed by atoms with Gasteiger partial charge in [-0.25, -0.2) is 0 Å². The van der Waals surface area contributed by atoms with Gasteiger partial charge in [-0.05, 0) is 21.8 Å². The summed E-state index contributed by atoms with van der Waals surface area (Å²) in [6, 6.07) is 14.2. The van der Waals surface area contributed by atoms with Crippen LogP contribution < -0.4 is 0 Å². The molecule has 2 aromatic carbocycles. The van der Waals surface area contributed by atoms with Crippen molar-refractivity contribution in [2.24, 2.45) is 5.41 Å². The molecule has 0 fully saturated rings. The summed E-state index contributed by atoms with van der Waals surface area (Å²) in [5, 5.41) is 2.23. The molecule has 0 saturated heterocycles. The smallest absolute Gasteiger partial charge is 0.311 e. The van der Waals surface area contributed by atoms with E-state index >= 15 is 0 Å². The topological polar surface area (TPSA) is 43.4 Å². The number of Topliss-reactive ketones (excluding diaryl/α,β-unsaturated/α-hetero) is 1. The summed E-state index contributed by atoms with van der Waals surface area (Å²) in [6.07, 6.45) is 1.38. The predicted molar refractivity (Wildman–Crippen MR) is 92.4 cm³/mol. The highest BCUT2D eigenvalue weighted by Crippen LogP contribution is 2.46. The van der Waals surface area contributed by atoms with Crippen LogP contribution in [0.1, 0.15) is 44.6 Å². The number of allylic oxidation sites excluding steroid dienone is 2. The number of ether oxygens (including phenoxy) is 1. The van der Waals surface area contributed by atoms with E-state index < -0.39 is 0 Å². The number of rotatable bonds is 1. The molecule has 24 heavy (non-hydrogen) atoms. The van der Waals surface area contributed by atoms with Crippen LogP contribution >= 0.6 is 0 Å². The second kappa shape index (κ2) is 5.30. The third-order valence-corrected chi connectivity index (χ3v) is 5.03. The molecule has 2 aliphatic rings. The van der Waals surface area contributed by atoms with E-state index in [9.17, 15) is 9.59 Å². The fourth-order valence-electron chi connectivity index (χ4n) is 4.03. The Morgan fingerprint density at radius 3 is 2.58 bits per heavy atom. The molecular formula is C21H20O3. The fourth-order valence-corrected chi connectivity index (χ4v) is 4.03. The molecule has 3 heteroatoms. The Morgan fingerprint density at radius 1 is 1.00 bits per heavy atom. The van der Waals surface area contributed by atoms with Crippen LogP contribution in [0, 0.1) is 5.41 Å². The zero-order chi connectivity index (χ0) is 16.9. The highest BCUT2D eigenvalue weighted by atomic mass is 16.5. The largest absolute Gasteiger partial charge is 0.431 e. The number of hydrogen-bond donors (Lipinski definition) is 0. The third kappa shape index (κ3) is 2.44. The van der Waals surface area contributed by atoms with Gasteiger partial charge >= 0.3 is 5.97 Å². The Bertz CT molecular complexity index is 884. The van der Waals surface area contributed by atoms with Gasteiger partial charge in [-0.15, -0.1) is 0 Å². The van der Waals surface area contributed by atoms with E-state index in [1.807, 2.05) is 38.1 Å². The van der Waals surface area contributed by atoms with Crippen molar-refractivity contribution in [3.63, 3.8) is 0 Å². The van der Waals surface area contributed by atoms with Crippen LogP contribution in [0.15, 0.2) is 53.8 Å². The zero-order valence-electron chi connectivity index (χ0n) is 14.0. The van der Waals surface area contributed by atoms with Gasteiger partial charge in [0, 0.05) is 24.3 Å². The first-order valence-corrected chi connectivity index (χ1v) is 8.39. The highest BCUT2D eigenvalue weighted by molar-refractivity contribution is 6.02. The van der Waals surface area contributed by atoms with Crippen LogP contribution in [0.2, 0.25) is 0 Å². The summed E-state index contributed by atoms with van der Waals surface area (Å²) in [6.45, 7) is 4.09. The quantitative estimate of drug-likeness (QED) is 0.726. The Labute approximate surface area is 141 Å². The maximum absolute atomic E-state index is 12.8. The summed E-state index contributed by atoms with van der Waals surface area (Å²) in [5.41, 5.74) is 1.60. The second-order valence-electron chi connectivity index (χ2n) is 7.58. The lowest BCUT2D eigenvalue weighted by Gasteiger charge is -2.36. The number of carbonyl (C=O) groups is 2. The van der Waals surface area contributed by atoms with Crippen LogP contribution in [-0.4, -0.2) is 11.8 Å². The molecular weight excluding hydrogens is 300 g/mol. The molecule has 0 saturated carbocycles. The number of esters is 1. The van der Waals surface area contributed by atoms with Crippen molar-refractivity contribution >= 4 is 22.5 Å². The molecule has 0 bridgehead atoms. The number of benzene rings is 2. The van der Waals surface area contributed by atoms with Crippen molar-refractivity contribution in [2.45, 2.75) is 39.0 Å². The minimum atomic E-state index is -0.239. The lowest BCUT2D eigenvalue weighted by atomic mass is 9.70. The summed E-state index contributed by atoms with van der Waals surface area (Å²) in [4.78, 5) is 25.0. The molecule has 0 N–H and O–H groups in total. The Balaban J connectivity index is 1.90. The van der Waals surface area contributed by atoms with Gasteiger partial charge in [0.2, 0.25) is 0 Å².